The van der Waals surface area contributed by atoms with Gasteiger partial charge < -0.3 is 9.80 Å². The third kappa shape index (κ3) is 4.92. The number of hydrogen-bond acceptors (Lipinski definition) is 7. The molecule has 0 atom stereocenters. The zero-order valence-electron chi connectivity index (χ0n) is 16.0. The predicted octanol–water partition coefficient (Wildman–Crippen LogP) is 1.71. The smallest absolute Gasteiger partial charge is 0.240 e. The van der Waals surface area contributed by atoms with Crippen LogP contribution in [0.5, 0.6) is 0 Å². The van der Waals surface area contributed by atoms with Crippen LogP contribution in [0.3, 0.4) is 0 Å². The van der Waals surface area contributed by atoms with E-state index in [0.29, 0.717) is 17.7 Å². The summed E-state index contributed by atoms with van der Waals surface area (Å²) in [6, 6.07) is 6.73. The second-order valence-electron chi connectivity index (χ2n) is 6.93. The molecule has 27 heavy (non-hydrogen) atoms. The van der Waals surface area contributed by atoms with Crippen molar-refractivity contribution < 1.29 is 8.42 Å². The van der Waals surface area contributed by atoms with E-state index in [1.54, 1.807) is 29.2 Å². The minimum Gasteiger partial charge on any atom is -0.347 e. The molecule has 0 aliphatic carbocycles. The molecule has 8 nitrogen and oxygen atoms in total. The highest BCUT2D eigenvalue weighted by Gasteiger charge is 2.19. The van der Waals surface area contributed by atoms with Gasteiger partial charge in [0.25, 0.3) is 0 Å². The molecule has 0 saturated carbocycles. The first-order valence-electron chi connectivity index (χ1n) is 9.09. The summed E-state index contributed by atoms with van der Waals surface area (Å²) in [5.41, 5.74) is 1.01. The van der Waals surface area contributed by atoms with Crippen LogP contribution in [-0.2, 0) is 16.6 Å². The van der Waals surface area contributed by atoms with Gasteiger partial charge in [0, 0.05) is 27.2 Å². The molecule has 0 radical (unpaired) electrons. The second-order valence-corrected chi connectivity index (χ2v) is 8.70. The number of hydrogen-bond donors (Lipinski definition) is 1. The molecule has 3 rings (SSSR count). The summed E-state index contributed by atoms with van der Waals surface area (Å²) in [6.07, 6.45) is 3.43. The van der Waals surface area contributed by atoms with Gasteiger partial charge in [0.15, 0.2) is 5.82 Å². The van der Waals surface area contributed by atoms with E-state index in [1.807, 2.05) is 21.0 Å². The number of aromatic nitrogens is 3. The van der Waals surface area contributed by atoms with Crippen molar-refractivity contribution in [3.8, 4) is 0 Å². The van der Waals surface area contributed by atoms with Crippen molar-refractivity contribution >= 4 is 21.9 Å². The molecule has 1 fully saturated rings. The lowest BCUT2D eigenvalue weighted by molar-refractivity contribution is 0.563. The molecule has 0 spiro atoms. The minimum atomic E-state index is -3.62. The molecular weight excluding hydrogens is 364 g/mol. The highest BCUT2D eigenvalue weighted by molar-refractivity contribution is 7.89. The Morgan fingerprint density at radius 3 is 2.33 bits per heavy atom. The Bertz CT molecular complexity index is 877. The van der Waals surface area contributed by atoms with E-state index >= 15 is 0 Å². The maximum Gasteiger partial charge on any atom is 0.240 e. The summed E-state index contributed by atoms with van der Waals surface area (Å²) in [5, 5.41) is 0. The van der Waals surface area contributed by atoms with Gasteiger partial charge in [0.05, 0.1) is 11.4 Å². The van der Waals surface area contributed by atoms with Crippen molar-refractivity contribution in [1.82, 2.24) is 19.7 Å². The first-order chi connectivity index (χ1) is 12.8. The topological polar surface area (TPSA) is 91.3 Å². The number of nitrogens with one attached hydrogen (secondary N) is 1. The molecule has 1 saturated heterocycles. The van der Waals surface area contributed by atoms with E-state index in [0.717, 1.165) is 31.5 Å². The molecule has 1 aliphatic heterocycles. The Morgan fingerprint density at radius 1 is 1.04 bits per heavy atom. The number of sulfonamides is 1. The Labute approximate surface area is 160 Å². The van der Waals surface area contributed by atoms with Crippen molar-refractivity contribution in [3.05, 3.63) is 35.7 Å². The fraction of sp³-hybridized carbons (Fsp3) is 0.500. The van der Waals surface area contributed by atoms with Crippen LogP contribution in [0, 0.1) is 6.92 Å². The average molecular weight is 391 g/mol. The van der Waals surface area contributed by atoms with Crippen molar-refractivity contribution in [2.45, 2.75) is 37.6 Å². The van der Waals surface area contributed by atoms with Crippen LogP contribution < -0.4 is 14.5 Å². The number of nitrogens with zero attached hydrogens (tertiary/aromatic N) is 5. The second kappa shape index (κ2) is 8.18. The third-order valence-corrected chi connectivity index (χ3v) is 5.87. The van der Waals surface area contributed by atoms with Gasteiger partial charge in [-0.1, -0.05) is 17.7 Å². The molecule has 0 unspecified atom stereocenters. The summed E-state index contributed by atoms with van der Waals surface area (Å²) in [7, 11) is 0.0898. The van der Waals surface area contributed by atoms with Crippen molar-refractivity contribution in [2.24, 2.45) is 0 Å². The van der Waals surface area contributed by atoms with Crippen LogP contribution >= 0.6 is 0 Å². The van der Waals surface area contributed by atoms with Crippen LogP contribution in [0.2, 0.25) is 0 Å². The van der Waals surface area contributed by atoms with Gasteiger partial charge in [-0.15, -0.1) is 0 Å². The zero-order chi connectivity index (χ0) is 19.4. The molecule has 1 aliphatic rings. The van der Waals surface area contributed by atoms with Crippen LogP contribution in [0.1, 0.15) is 30.7 Å². The summed E-state index contributed by atoms with van der Waals surface area (Å²) in [4.78, 5) is 17.6. The number of aryl methyl sites for hydroxylation is 1. The standard InChI is InChI=1S/C18H26N6O2S/c1-14-7-9-15(10-8-14)27(25,26)19-13-16-20-17(23(2)3)22-18(21-16)24-11-5-4-6-12-24/h7-10,19H,4-6,11-13H2,1-3H3. The molecule has 146 valence electrons. The monoisotopic (exact) mass is 390 g/mol. The first kappa shape index (κ1) is 19.5. The molecule has 0 bridgehead atoms. The van der Waals surface area contributed by atoms with Crippen molar-refractivity contribution in [1.29, 1.82) is 0 Å². The summed E-state index contributed by atoms with van der Waals surface area (Å²) in [5.74, 6) is 1.54. The molecule has 0 amide bonds. The lowest BCUT2D eigenvalue weighted by atomic mass is 10.1. The molecule has 2 aromatic rings. The van der Waals surface area contributed by atoms with Crippen LogP contribution in [0.25, 0.3) is 0 Å². The molecule has 9 heteroatoms. The maximum atomic E-state index is 12.5. The van der Waals surface area contributed by atoms with E-state index in [9.17, 15) is 8.42 Å². The highest BCUT2D eigenvalue weighted by Crippen LogP contribution is 2.18. The fourth-order valence-electron chi connectivity index (χ4n) is 2.87. The molecular formula is C18H26N6O2S. The Balaban J connectivity index is 1.80. The van der Waals surface area contributed by atoms with E-state index in [4.69, 9.17) is 0 Å². The van der Waals surface area contributed by atoms with Gasteiger partial charge in [0.2, 0.25) is 21.9 Å². The maximum absolute atomic E-state index is 12.5. The average Bonchev–Trinajstić information content (AvgIpc) is 2.67. The van der Waals surface area contributed by atoms with Gasteiger partial charge in [-0.25, -0.2) is 13.1 Å². The van der Waals surface area contributed by atoms with E-state index < -0.39 is 10.0 Å². The van der Waals surface area contributed by atoms with Gasteiger partial charge in [0.1, 0.15) is 0 Å². The zero-order valence-corrected chi connectivity index (χ0v) is 16.8. The molecule has 1 aromatic carbocycles. The predicted molar refractivity (Wildman–Crippen MR) is 105 cm³/mol. The number of benzene rings is 1. The molecule has 1 N–H and O–H groups in total. The molecule has 2 heterocycles. The SMILES string of the molecule is Cc1ccc(S(=O)(=O)NCc2nc(N(C)C)nc(N3CCCCC3)n2)cc1. The lowest BCUT2D eigenvalue weighted by Crippen LogP contribution is -2.33. The van der Waals surface area contributed by atoms with Gasteiger partial charge in [-0.05, 0) is 38.3 Å². The van der Waals surface area contributed by atoms with Gasteiger partial charge in [-0.3, -0.25) is 0 Å². The quantitative estimate of drug-likeness (QED) is 0.803. The normalized spacial score (nSPS) is 15.0. The Kier molecular flexibility index (Phi) is 5.91. The summed E-state index contributed by atoms with van der Waals surface area (Å²) < 4.78 is 27.6. The van der Waals surface area contributed by atoms with Crippen molar-refractivity contribution in [2.75, 3.05) is 37.0 Å². The number of piperidine rings is 1. The Hall–Kier alpha value is -2.26. The van der Waals surface area contributed by atoms with Gasteiger partial charge >= 0.3 is 0 Å². The highest BCUT2D eigenvalue weighted by atomic mass is 32.2. The third-order valence-electron chi connectivity index (χ3n) is 4.45. The Morgan fingerprint density at radius 2 is 1.70 bits per heavy atom. The number of rotatable bonds is 6. The van der Waals surface area contributed by atoms with E-state index in [2.05, 4.69) is 24.6 Å². The number of anilines is 2. The summed E-state index contributed by atoms with van der Waals surface area (Å²) in [6.45, 7) is 3.75. The fourth-order valence-corrected chi connectivity index (χ4v) is 3.85. The van der Waals surface area contributed by atoms with E-state index in [-0.39, 0.29) is 11.4 Å². The van der Waals surface area contributed by atoms with Crippen LogP contribution in [0.4, 0.5) is 11.9 Å². The van der Waals surface area contributed by atoms with Crippen LogP contribution in [-0.4, -0.2) is 50.6 Å². The van der Waals surface area contributed by atoms with Crippen LogP contribution in [0.15, 0.2) is 29.2 Å². The summed E-state index contributed by atoms with van der Waals surface area (Å²) >= 11 is 0. The van der Waals surface area contributed by atoms with Gasteiger partial charge in [-0.2, -0.15) is 15.0 Å². The molecule has 1 aromatic heterocycles. The first-order valence-corrected chi connectivity index (χ1v) is 10.6. The van der Waals surface area contributed by atoms with Crippen molar-refractivity contribution in [3.63, 3.8) is 0 Å². The largest absolute Gasteiger partial charge is 0.347 e. The van der Waals surface area contributed by atoms with E-state index in [1.165, 1.54) is 6.42 Å². The lowest BCUT2D eigenvalue weighted by Gasteiger charge is -2.27. The minimum absolute atomic E-state index is 0.0143.